The van der Waals surface area contributed by atoms with Crippen LogP contribution in [0.15, 0.2) is 48.5 Å². The molecule has 1 unspecified atom stereocenters. The van der Waals surface area contributed by atoms with Crippen LogP contribution in [0, 0.1) is 11.8 Å². The molecule has 2 amide bonds. The number of fused-ring (bicyclic) bond motifs is 3. The molecule has 2 aliphatic carbocycles. The van der Waals surface area contributed by atoms with Gasteiger partial charge in [-0.15, -0.1) is 0 Å². The number of carbonyl (C=O) groups excluding carboxylic acids is 2. The highest BCUT2D eigenvalue weighted by Gasteiger charge is 2.38. The fourth-order valence-corrected chi connectivity index (χ4v) is 5.40. The van der Waals surface area contributed by atoms with Crippen molar-refractivity contribution in [1.82, 2.24) is 10.6 Å². The highest BCUT2D eigenvalue weighted by Crippen LogP contribution is 2.44. The van der Waals surface area contributed by atoms with Crippen LogP contribution in [0.25, 0.3) is 11.1 Å². The third-order valence-electron chi connectivity index (χ3n) is 7.52. The summed E-state index contributed by atoms with van der Waals surface area (Å²) in [6, 6.07) is 15.5. The van der Waals surface area contributed by atoms with Crippen LogP contribution in [0.5, 0.6) is 0 Å². The van der Waals surface area contributed by atoms with E-state index in [-0.39, 0.29) is 36.8 Å². The van der Waals surface area contributed by atoms with E-state index < -0.39 is 24.2 Å². The molecule has 2 aromatic carbocycles. The standard InChI is InChI=1S/C27H30N2O6/c30-25(28-14-17-12-13-34-24(17)26(31)32)23(16-6-5-7-16)29-27(33)35-15-22-20-10-3-1-8-18(20)19-9-2-4-11-21(19)22/h1-4,8-11,16-17,22-24H,5-7,12-15H2,(H,28,30)(H,29,33)(H,31,32)/t17-,23?,24-/m1/s1. The van der Waals surface area contributed by atoms with Gasteiger partial charge in [-0.2, -0.15) is 0 Å². The van der Waals surface area contributed by atoms with Crippen LogP contribution < -0.4 is 10.6 Å². The van der Waals surface area contributed by atoms with Gasteiger partial charge in [0.15, 0.2) is 6.10 Å². The first-order chi connectivity index (χ1) is 17.0. The lowest BCUT2D eigenvalue weighted by molar-refractivity contribution is -0.149. The summed E-state index contributed by atoms with van der Waals surface area (Å²) < 4.78 is 10.9. The lowest BCUT2D eigenvalue weighted by Crippen LogP contribution is -2.53. The van der Waals surface area contributed by atoms with Gasteiger partial charge in [0.2, 0.25) is 5.91 Å². The zero-order valence-corrected chi connectivity index (χ0v) is 19.4. The van der Waals surface area contributed by atoms with Crippen molar-refractivity contribution in [2.24, 2.45) is 11.8 Å². The molecule has 35 heavy (non-hydrogen) atoms. The second kappa shape index (κ2) is 10.1. The van der Waals surface area contributed by atoms with Gasteiger partial charge in [-0.1, -0.05) is 55.0 Å². The highest BCUT2D eigenvalue weighted by molar-refractivity contribution is 5.86. The van der Waals surface area contributed by atoms with E-state index in [0.29, 0.717) is 13.0 Å². The van der Waals surface area contributed by atoms with Gasteiger partial charge in [0, 0.05) is 25.0 Å². The number of ether oxygens (including phenoxy) is 2. The van der Waals surface area contributed by atoms with Crippen LogP contribution in [-0.4, -0.2) is 55.0 Å². The van der Waals surface area contributed by atoms with Gasteiger partial charge in [-0.25, -0.2) is 9.59 Å². The number of amides is 2. The molecule has 0 radical (unpaired) electrons. The Morgan fingerprint density at radius 3 is 2.26 bits per heavy atom. The first kappa shape index (κ1) is 23.4. The predicted octanol–water partition coefficient (Wildman–Crippen LogP) is 3.30. The zero-order chi connectivity index (χ0) is 24.4. The normalized spacial score (nSPS) is 21.9. The van der Waals surface area contributed by atoms with Crippen LogP contribution in [0.3, 0.4) is 0 Å². The Hall–Kier alpha value is -3.39. The third kappa shape index (κ3) is 4.75. The number of carbonyl (C=O) groups is 3. The molecule has 8 nitrogen and oxygen atoms in total. The Kier molecular flexibility index (Phi) is 6.72. The van der Waals surface area contributed by atoms with E-state index in [1.807, 2.05) is 24.3 Å². The fraction of sp³-hybridized carbons (Fsp3) is 0.444. The predicted molar refractivity (Wildman–Crippen MR) is 128 cm³/mol. The molecule has 1 heterocycles. The van der Waals surface area contributed by atoms with Gasteiger partial charge in [-0.05, 0) is 47.4 Å². The number of hydrogen-bond donors (Lipinski definition) is 3. The molecule has 0 aromatic heterocycles. The lowest BCUT2D eigenvalue weighted by Gasteiger charge is -2.33. The molecule has 2 fully saturated rings. The Balaban J connectivity index is 1.20. The maximum atomic E-state index is 13.0. The Morgan fingerprint density at radius 2 is 1.66 bits per heavy atom. The largest absolute Gasteiger partial charge is 0.479 e. The van der Waals surface area contributed by atoms with E-state index >= 15 is 0 Å². The molecule has 3 N–H and O–H groups in total. The van der Waals surface area contributed by atoms with Crippen molar-refractivity contribution in [1.29, 1.82) is 0 Å². The van der Waals surface area contributed by atoms with Crippen molar-refractivity contribution in [3.05, 3.63) is 59.7 Å². The van der Waals surface area contributed by atoms with Crippen LogP contribution in [0.4, 0.5) is 4.79 Å². The second-order valence-corrected chi connectivity index (χ2v) is 9.56. The molecule has 0 spiro atoms. The maximum Gasteiger partial charge on any atom is 0.407 e. The van der Waals surface area contributed by atoms with E-state index in [2.05, 4.69) is 34.9 Å². The molecule has 5 rings (SSSR count). The summed E-state index contributed by atoms with van der Waals surface area (Å²) >= 11 is 0. The number of rotatable bonds is 8. The minimum Gasteiger partial charge on any atom is -0.479 e. The number of aliphatic carboxylic acids is 1. The van der Waals surface area contributed by atoms with Crippen molar-refractivity contribution < 1.29 is 29.0 Å². The highest BCUT2D eigenvalue weighted by atomic mass is 16.5. The number of nitrogens with one attached hydrogen (secondary N) is 2. The number of carboxylic acid groups (broad SMARTS) is 1. The molecular weight excluding hydrogens is 448 g/mol. The molecule has 3 aliphatic rings. The average molecular weight is 479 g/mol. The number of benzene rings is 2. The van der Waals surface area contributed by atoms with Gasteiger partial charge in [0.05, 0.1) is 0 Å². The van der Waals surface area contributed by atoms with Crippen molar-refractivity contribution in [2.45, 2.75) is 43.7 Å². The number of hydrogen-bond acceptors (Lipinski definition) is 5. The summed E-state index contributed by atoms with van der Waals surface area (Å²) in [6.45, 7) is 0.742. The van der Waals surface area contributed by atoms with Crippen molar-refractivity contribution >= 4 is 18.0 Å². The fourth-order valence-electron chi connectivity index (χ4n) is 5.40. The molecule has 2 aromatic rings. The van der Waals surface area contributed by atoms with E-state index in [0.717, 1.165) is 41.5 Å². The Labute approximate surface area is 204 Å². The van der Waals surface area contributed by atoms with E-state index in [4.69, 9.17) is 9.47 Å². The quantitative estimate of drug-likeness (QED) is 0.537. The van der Waals surface area contributed by atoms with Gasteiger partial charge < -0.3 is 25.2 Å². The first-order valence-corrected chi connectivity index (χ1v) is 12.3. The second-order valence-electron chi connectivity index (χ2n) is 9.56. The smallest absolute Gasteiger partial charge is 0.407 e. The Morgan fingerprint density at radius 1 is 1.00 bits per heavy atom. The van der Waals surface area contributed by atoms with Gasteiger partial charge in [0.1, 0.15) is 12.6 Å². The first-order valence-electron chi connectivity index (χ1n) is 12.3. The van der Waals surface area contributed by atoms with Crippen LogP contribution in [0.1, 0.15) is 42.7 Å². The van der Waals surface area contributed by atoms with Gasteiger partial charge in [-0.3, -0.25) is 4.79 Å². The SMILES string of the molecule is O=C(NC(C(=O)NC[C@H]1CCO[C@H]1C(=O)O)C1CCC1)OCC1c2ccccc2-c2ccccc21. The maximum absolute atomic E-state index is 13.0. The molecule has 184 valence electrons. The number of alkyl carbamates (subject to hydrolysis) is 1. The van der Waals surface area contributed by atoms with Crippen LogP contribution in [-0.2, 0) is 19.1 Å². The van der Waals surface area contributed by atoms with Gasteiger partial charge >= 0.3 is 12.1 Å². The molecule has 1 aliphatic heterocycles. The summed E-state index contributed by atoms with van der Waals surface area (Å²) in [5, 5.41) is 14.9. The third-order valence-corrected chi connectivity index (χ3v) is 7.52. The van der Waals surface area contributed by atoms with Crippen molar-refractivity contribution in [3.8, 4) is 11.1 Å². The summed E-state index contributed by atoms with van der Waals surface area (Å²) in [7, 11) is 0. The minimum absolute atomic E-state index is 0.0468. The lowest BCUT2D eigenvalue weighted by atomic mass is 9.79. The Bertz CT molecular complexity index is 1070. The van der Waals surface area contributed by atoms with E-state index in [9.17, 15) is 19.5 Å². The van der Waals surface area contributed by atoms with E-state index in [1.54, 1.807) is 0 Å². The van der Waals surface area contributed by atoms with Crippen LogP contribution >= 0.6 is 0 Å². The van der Waals surface area contributed by atoms with Crippen molar-refractivity contribution in [3.63, 3.8) is 0 Å². The zero-order valence-electron chi connectivity index (χ0n) is 19.4. The summed E-state index contributed by atoms with van der Waals surface area (Å²) in [4.78, 5) is 37.1. The average Bonchev–Trinajstić information content (AvgIpc) is 3.42. The molecule has 1 saturated heterocycles. The van der Waals surface area contributed by atoms with Crippen LogP contribution in [0.2, 0.25) is 0 Å². The molecule has 8 heteroatoms. The van der Waals surface area contributed by atoms with Crippen molar-refractivity contribution in [2.75, 3.05) is 19.8 Å². The topological polar surface area (TPSA) is 114 Å². The molecule has 1 saturated carbocycles. The van der Waals surface area contributed by atoms with E-state index in [1.165, 1.54) is 0 Å². The minimum atomic E-state index is -1.02. The summed E-state index contributed by atoms with van der Waals surface area (Å²) in [6.07, 6.45) is 1.76. The summed E-state index contributed by atoms with van der Waals surface area (Å²) in [5.41, 5.74) is 4.56. The molecule has 0 bridgehead atoms. The summed E-state index contributed by atoms with van der Waals surface area (Å²) in [5.74, 6) is -1.62. The molecule has 3 atom stereocenters. The monoisotopic (exact) mass is 478 g/mol. The number of carboxylic acids is 1. The van der Waals surface area contributed by atoms with Gasteiger partial charge in [0.25, 0.3) is 0 Å². The molecular formula is C27H30N2O6.